The van der Waals surface area contributed by atoms with E-state index >= 15 is 0 Å². The molecule has 2 aromatic carbocycles. The van der Waals surface area contributed by atoms with Crippen molar-refractivity contribution in [1.82, 2.24) is 19.7 Å². The van der Waals surface area contributed by atoms with Gasteiger partial charge in [0, 0.05) is 36.7 Å². The highest BCUT2D eigenvalue weighted by atomic mass is 16.2. The highest BCUT2D eigenvalue weighted by Gasteiger charge is 2.43. The van der Waals surface area contributed by atoms with Crippen molar-refractivity contribution in [2.24, 2.45) is 7.05 Å². The molecule has 0 fully saturated rings. The van der Waals surface area contributed by atoms with Crippen LogP contribution >= 0.6 is 0 Å². The first-order chi connectivity index (χ1) is 14.3. The molecule has 0 unspecified atom stereocenters. The SMILES string of the molecule is BC1(B)c2ncccc2C(=O)N1Cc1ccc(-c2cc3cn(C)nc3cc2C)cc1. The molecule has 3 heterocycles. The van der Waals surface area contributed by atoms with Crippen LogP contribution in [0.25, 0.3) is 22.0 Å². The van der Waals surface area contributed by atoms with Gasteiger partial charge in [0.15, 0.2) is 0 Å². The van der Waals surface area contributed by atoms with Crippen LogP contribution in [0.4, 0.5) is 0 Å². The highest BCUT2D eigenvalue weighted by Crippen LogP contribution is 2.34. The maximum absolute atomic E-state index is 13.0. The van der Waals surface area contributed by atoms with Gasteiger partial charge < -0.3 is 4.90 Å². The fourth-order valence-corrected chi connectivity index (χ4v) is 4.44. The van der Waals surface area contributed by atoms with E-state index in [1.54, 1.807) is 6.20 Å². The molecule has 1 amide bonds. The van der Waals surface area contributed by atoms with Gasteiger partial charge in [-0.3, -0.25) is 14.5 Å². The summed E-state index contributed by atoms with van der Waals surface area (Å²) in [7, 11) is 6.06. The number of rotatable bonds is 3. The maximum atomic E-state index is 13.0. The van der Waals surface area contributed by atoms with Crippen LogP contribution in [0.5, 0.6) is 0 Å². The summed E-state index contributed by atoms with van der Waals surface area (Å²) in [6.07, 6.45) is 3.80. The van der Waals surface area contributed by atoms with E-state index in [1.807, 2.05) is 35.0 Å². The second-order valence-electron chi connectivity index (χ2n) is 8.58. The van der Waals surface area contributed by atoms with Crippen molar-refractivity contribution in [3.63, 3.8) is 0 Å². The molecule has 0 radical (unpaired) electrons. The summed E-state index contributed by atoms with van der Waals surface area (Å²) in [5.41, 5.74) is 7.25. The van der Waals surface area contributed by atoms with E-state index in [9.17, 15) is 4.79 Å². The van der Waals surface area contributed by atoms with E-state index < -0.39 is 5.34 Å². The van der Waals surface area contributed by atoms with Gasteiger partial charge in [-0.15, -0.1) is 0 Å². The lowest BCUT2D eigenvalue weighted by molar-refractivity contribution is 0.0731. The van der Waals surface area contributed by atoms with Crippen LogP contribution in [0, 0.1) is 6.92 Å². The Morgan fingerprint density at radius 3 is 2.57 bits per heavy atom. The van der Waals surface area contributed by atoms with E-state index in [2.05, 4.69) is 69.1 Å². The van der Waals surface area contributed by atoms with Crippen LogP contribution in [0.15, 0.2) is 60.9 Å². The van der Waals surface area contributed by atoms with Crippen LogP contribution < -0.4 is 0 Å². The van der Waals surface area contributed by atoms with E-state index in [-0.39, 0.29) is 5.91 Å². The van der Waals surface area contributed by atoms with Gasteiger partial charge >= 0.3 is 0 Å². The predicted molar refractivity (Wildman–Crippen MR) is 124 cm³/mol. The van der Waals surface area contributed by atoms with Crippen LogP contribution in [0.1, 0.15) is 27.2 Å². The molecule has 7 heteroatoms. The summed E-state index contributed by atoms with van der Waals surface area (Å²) >= 11 is 0. The van der Waals surface area contributed by atoms with E-state index in [0.29, 0.717) is 12.1 Å². The summed E-state index contributed by atoms with van der Waals surface area (Å²) in [6, 6.07) is 16.5. The van der Waals surface area contributed by atoms with Gasteiger partial charge in [0.1, 0.15) is 15.7 Å². The second-order valence-corrected chi connectivity index (χ2v) is 8.58. The minimum Gasteiger partial charge on any atom is -0.339 e. The van der Waals surface area contributed by atoms with Gasteiger partial charge in [0.05, 0.1) is 16.8 Å². The van der Waals surface area contributed by atoms with Crippen molar-refractivity contribution in [2.45, 2.75) is 18.8 Å². The Morgan fingerprint density at radius 2 is 1.83 bits per heavy atom. The number of aromatic nitrogens is 3. The minimum atomic E-state index is -0.422. The average Bonchev–Trinajstić information content (AvgIpc) is 3.18. The lowest BCUT2D eigenvalue weighted by Gasteiger charge is -2.32. The minimum absolute atomic E-state index is 0.0463. The number of aryl methyl sites for hydroxylation is 2. The third-order valence-electron chi connectivity index (χ3n) is 6.11. The zero-order valence-electron chi connectivity index (χ0n) is 17.7. The zero-order valence-corrected chi connectivity index (χ0v) is 17.7. The smallest absolute Gasteiger partial charge is 0.255 e. The van der Waals surface area contributed by atoms with E-state index in [0.717, 1.165) is 22.2 Å². The molecule has 0 N–H and O–H groups in total. The van der Waals surface area contributed by atoms with Crippen molar-refractivity contribution in [3.05, 3.63) is 83.3 Å². The molecular weight excluding hydrogens is 370 g/mol. The monoisotopic (exact) mass is 392 g/mol. The largest absolute Gasteiger partial charge is 0.339 e. The molecule has 0 spiro atoms. The van der Waals surface area contributed by atoms with Crippen molar-refractivity contribution in [3.8, 4) is 11.1 Å². The Labute approximate surface area is 177 Å². The number of amides is 1. The van der Waals surface area contributed by atoms with Gasteiger partial charge in [0.2, 0.25) is 0 Å². The number of carbonyl (C=O) groups excluding carboxylic acids is 1. The van der Waals surface area contributed by atoms with Gasteiger partial charge in [-0.25, -0.2) is 0 Å². The quantitative estimate of drug-likeness (QED) is 0.502. The number of benzene rings is 2. The molecule has 1 aliphatic heterocycles. The number of hydrogen-bond acceptors (Lipinski definition) is 3. The molecule has 0 bridgehead atoms. The van der Waals surface area contributed by atoms with Gasteiger partial charge in [0.25, 0.3) is 5.91 Å². The van der Waals surface area contributed by atoms with Gasteiger partial charge in [-0.2, -0.15) is 5.10 Å². The molecule has 0 aliphatic carbocycles. The number of fused-ring (bicyclic) bond motifs is 2. The molecule has 5 rings (SSSR count). The van der Waals surface area contributed by atoms with Crippen LogP contribution in [0.3, 0.4) is 0 Å². The van der Waals surface area contributed by atoms with E-state index in [1.165, 1.54) is 16.7 Å². The summed E-state index contributed by atoms with van der Waals surface area (Å²) in [5.74, 6) is 0.0463. The van der Waals surface area contributed by atoms with Gasteiger partial charge in [-0.05, 0) is 53.4 Å². The fourth-order valence-electron chi connectivity index (χ4n) is 4.44. The maximum Gasteiger partial charge on any atom is 0.255 e. The lowest BCUT2D eigenvalue weighted by Crippen LogP contribution is -2.44. The molecule has 0 atom stereocenters. The molecule has 146 valence electrons. The third-order valence-corrected chi connectivity index (χ3v) is 6.11. The molecule has 30 heavy (non-hydrogen) atoms. The lowest BCUT2D eigenvalue weighted by atomic mass is 9.59. The Kier molecular flexibility index (Phi) is 4.10. The highest BCUT2D eigenvalue weighted by molar-refractivity contribution is 6.42. The molecule has 5 nitrogen and oxygen atoms in total. The van der Waals surface area contributed by atoms with Crippen molar-refractivity contribution in [1.29, 1.82) is 0 Å². The molecule has 2 aromatic heterocycles. The predicted octanol–water partition coefficient (Wildman–Crippen LogP) is 1.98. The molecule has 0 saturated heterocycles. The summed E-state index contributed by atoms with van der Waals surface area (Å²) in [6.45, 7) is 2.68. The molecule has 0 saturated carbocycles. The number of pyridine rings is 1. The summed E-state index contributed by atoms with van der Waals surface area (Å²) < 4.78 is 1.85. The third kappa shape index (κ3) is 2.84. The summed E-state index contributed by atoms with van der Waals surface area (Å²) in [5, 5.41) is 5.21. The molecule has 4 aromatic rings. The van der Waals surface area contributed by atoms with Crippen LogP contribution in [0.2, 0.25) is 0 Å². The van der Waals surface area contributed by atoms with E-state index in [4.69, 9.17) is 0 Å². The first-order valence-corrected chi connectivity index (χ1v) is 10.2. The standard InChI is InChI=1S/C23H22B2N4O/c1-14-10-20-17(13-28(2)27-20)11-19(14)16-7-5-15(6-8-16)12-29-22(30)18-4-3-9-26-21(18)23(29,24)25/h3-11,13H,12,24-25H2,1-2H3. The second kappa shape index (κ2) is 6.59. The fraction of sp³-hybridized carbons (Fsp3) is 0.174. The Morgan fingerprint density at radius 1 is 1.07 bits per heavy atom. The summed E-state index contributed by atoms with van der Waals surface area (Å²) in [4.78, 5) is 19.3. The molecular formula is C23H22B2N4O. The molecule has 1 aliphatic rings. The number of hydrogen-bond donors (Lipinski definition) is 0. The first-order valence-electron chi connectivity index (χ1n) is 10.2. The van der Waals surface area contributed by atoms with Crippen molar-refractivity contribution < 1.29 is 4.79 Å². The number of carbonyl (C=O) groups is 1. The Bertz CT molecular complexity index is 1290. The first kappa shape index (κ1) is 18.7. The van der Waals surface area contributed by atoms with Crippen LogP contribution in [-0.2, 0) is 18.9 Å². The number of nitrogens with zero attached hydrogens (tertiary/aromatic N) is 4. The zero-order chi connectivity index (χ0) is 21.0. The Hall–Kier alpha value is -3.34. The topological polar surface area (TPSA) is 51.0 Å². The van der Waals surface area contributed by atoms with Crippen LogP contribution in [-0.4, -0.2) is 41.3 Å². The average molecular weight is 392 g/mol. The Balaban J connectivity index is 1.44. The van der Waals surface area contributed by atoms with Gasteiger partial charge in [-0.1, -0.05) is 24.3 Å². The normalized spacial score (nSPS) is 15.0. The van der Waals surface area contributed by atoms with Crippen molar-refractivity contribution >= 4 is 32.5 Å². The van der Waals surface area contributed by atoms with Crippen molar-refractivity contribution in [2.75, 3.05) is 0 Å².